The van der Waals surface area contributed by atoms with E-state index in [1.54, 1.807) is 0 Å². The minimum Gasteiger partial charge on any atom is -0.396 e. The molecule has 0 saturated carbocycles. The summed E-state index contributed by atoms with van der Waals surface area (Å²) in [7, 11) is 0. The van der Waals surface area contributed by atoms with Crippen molar-refractivity contribution in [3.05, 3.63) is 0 Å². The molecule has 90 valence electrons. The van der Waals surface area contributed by atoms with Crippen LogP contribution in [0.1, 0.15) is 25.7 Å². The number of nitrogens with one attached hydrogen (secondary N) is 1. The van der Waals surface area contributed by atoms with Crippen LogP contribution < -0.4 is 5.32 Å². The highest BCUT2D eigenvalue weighted by Gasteiger charge is 2.28. The van der Waals surface area contributed by atoms with Gasteiger partial charge in [0.15, 0.2) is 0 Å². The Kier molecular flexibility index (Phi) is 4.91. The molecular weight excluding hydrogens is 212 g/mol. The van der Waals surface area contributed by atoms with Gasteiger partial charge in [0.1, 0.15) is 0 Å². The first-order valence-corrected chi connectivity index (χ1v) is 5.36. The van der Waals surface area contributed by atoms with Gasteiger partial charge in [0, 0.05) is 39.0 Å². The second-order valence-electron chi connectivity index (χ2n) is 3.62. The summed E-state index contributed by atoms with van der Waals surface area (Å²) in [6.45, 7) is 0.600. The number of nitrogens with zero attached hydrogens (tertiary/aromatic N) is 1. The number of aliphatic hydroxyl groups is 1. The molecule has 0 aliphatic carbocycles. The summed E-state index contributed by atoms with van der Waals surface area (Å²) in [5.74, 6) is -0.609. The van der Waals surface area contributed by atoms with E-state index in [4.69, 9.17) is 5.11 Å². The molecule has 1 rings (SSSR count). The summed E-state index contributed by atoms with van der Waals surface area (Å²) >= 11 is 0. The average Bonchev–Trinajstić information content (AvgIpc) is 2.57. The van der Waals surface area contributed by atoms with Crippen LogP contribution in [0.5, 0.6) is 0 Å². The van der Waals surface area contributed by atoms with E-state index in [0.717, 1.165) is 4.90 Å². The van der Waals surface area contributed by atoms with E-state index in [-0.39, 0.29) is 50.1 Å². The number of imide groups is 1. The molecule has 1 fully saturated rings. The van der Waals surface area contributed by atoms with Crippen LogP contribution >= 0.6 is 0 Å². The largest absolute Gasteiger partial charge is 0.396 e. The van der Waals surface area contributed by atoms with E-state index < -0.39 is 0 Å². The van der Waals surface area contributed by atoms with E-state index >= 15 is 0 Å². The number of hydrogen-bond donors (Lipinski definition) is 2. The fourth-order valence-corrected chi connectivity index (χ4v) is 1.48. The topological polar surface area (TPSA) is 86.7 Å². The monoisotopic (exact) mass is 228 g/mol. The van der Waals surface area contributed by atoms with Gasteiger partial charge in [-0.2, -0.15) is 0 Å². The van der Waals surface area contributed by atoms with Gasteiger partial charge in [0.2, 0.25) is 17.7 Å². The second kappa shape index (κ2) is 6.22. The van der Waals surface area contributed by atoms with E-state index in [2.05, 4.69) is 5.32 Å². The fourth-order valence-electron chi connectivity index (χ4n) is 1.48. The standard InChI is InChI=1S/C10H16N2O4/c13-7-1-5-11-8(14)4-6-12-9(15)2-3-10(12)16/h13H,1-7H2,(H,11,14). The third-order valence-corrected chi connectivity index (χ3v) is 2.37. The highest BCUT2D eigenvalue weighted by molar-refractivity contribution is 6.02. The van der Waals surface area contributed by atoms with Crippen LogP contribution in [-0.2, 0) is 14.4 Å². The smallest absolute Gasteiger partial charge is 0.229 e. The summed E-state index contributed by atoms with van der Waals surface area (Å²) in [4.78, 5) is 34.8. The Morgan fingerprint density at radius 2 is 1.94 bits per heavy atom. The molecule has 0 aromatic heterocycles. The van der Waals surface area contributed by atoms with Crippen molar-refractivity contribution in [2.24, 2.45) is 0 Å². The summed E-state index contributed by atoms with van der Waals surface area (Å²) < 4.78 is 0. The Morgan fingerprint density at radius 3 is 2.50 bits per heavy atom. The van der Waals surface area contributed by atoms with Gasteiger partial charge in [0.25, 0.3) is 0 Å². The zero-order valence-electron chi connectivity index (χ0n) is 9.07. The van der Waals surface area contributed by atoms with Gasteiger partial charge in [-0.1, -0.05) is 0 Å². The Bertz CT molecular complexity index is 275. The van der Waals surface area contributed by atoms with Crippen molar-refractivity contribution in [1.29, 1.82) is 0 Å². The van der Waals surface area contributed by atoms with Gasteiger partial charge < -0.3 is 10.4 Å². The molecule has 0 radical (unpaired) electrons. The molecule has 1 aliphatic rings. The first-order valence-electron chi connectivity index (χ1n) is 5.36. The van der Waals surface area contributed by atoms with Gasteiger partial charge in [-0.15, -0.1) is 0 Å². The van der Waals surface area contributed by atoms with Crippen molar-refractivity contribution in [2.45, 2.75) is 25.7 Å². The highest BCUT2D eigenvalue weighted by Crippen LogP contribution is 2.11. The number of aliphatic hydroxyl groups excluding tert-OH is 1. The van der Waals surface area contributed by atoms with Crippen molar-refractivity contribution in [3.8, 4) is 0 Å². The maximum Gasteiger partial charge on any atom is 0.229 e. The van der Waals surface area contributed by atoms with Crippen LogP contribution in [0, 0.1) is 0 Å². The predicted molar refractivity (Wildman–Crippen MR) is 55.3 cm³/mol. The third kappa shape index (κ3) is 3.62. The molecule has 0 bridgehead atoms. The molecule has 0 aromatic carbocycles. The van der Waals surface area contributed by atoms with Gasteiger partial charge in [0.05, 0.1) is 0 Å². The Balaban J connectivity index is 2.21. The van der Waals surface area contributed by atoms with Gasteiger partial charge in [-0.25, -0.2) is 0 Å². The van der Waals surface area contributed by atoms with Crippen molar-refractivity contribution < 1.29 is 19.5 Å². The summed E-state index contributed by atoms with van der Waals surface area (Å²) in [6.07, 6.45) is 1.14. The molecule has 1 heterocycles. The summed E-state index contributed by atoms with van der Waals surface area (Å²) in [6, 6.07) is 0. The van der Waals surface area contributed by atoms with Crippen LogP contribution in [0.4, 0.5) is 0 Å². The van der Waals surface area contributed by atoms with Crippen molar-refractivity contribution in [3.63, 3.8) is 0 Å². The number of amides is 3. The molecule has 1 saturated heterocycles. The molecule has 0 unspecified atom stereocenters. The second-order valence-corrected chi connectivity index (χ2v) is 3.62. The van der Waals surface area contributed by atoms with Crippen LogP contribution in [0.25, 0.3) is 0 Å². The molecule has 2 N–H and O–H groups in total. The van der Waals surface area contributed by atoms with Crippen LogP contribution in [0.15, 0.2) is 0 Å². The lowest BCUT2D eigenvalue weighted by Gasteiger charge is -2.13. The average molecular weight is 228 g/mol. The molecule has 0 aromatic rings. The number of likely N-dealkylation sites (tertiary alicyclic amines) is 1. The minimum absolute atomic E-state index is 0.0311. The lowest BCUT2D eigenvalue weighted by atomic mass is 10.3. The van der Waals surface area contributed by atoms with Crippen molar-refractivity contribution >= 4 is 17.7 Å². The molecule has 0 atom stereocenters. The van der Waals surface area contributed by atoms with E-state index in [0.29, 0.717) is 13.0 Å². The van der Waals surface area contributed by atoms with Crippen molar-refractivity contribution in [1.82, 2.24) is 10.2 Å². The zero-order valence-corrected chi connectivity index (χ0v) is 9.07. The number of hydrogen-bond acceptors (Lipinski definition) is 4. The third-order valence-electron chi connectivity index (χ3n) is 2.37. The molecule has 3 amide bonds. The minimum atomic E-state index is -0.207. The van der Waals surface area contributed by atoms with Crippen LogP contribution in [0.2, 0.25) is 0 Å². The highest BCUT2D eigenvalue weighted by atomic mass is 16.3. The Labute approximate surface area is 93.6 Å². The predicted octanol–water partition coefficient (Wildman–Crippen LogP) is -0.976. The lowest BCUT2D eigenvalue weighted by molar-refractivity contribution is -0.138. The van der Waals surface area contributed by atoms with E-state index in [1.165, 1.54) is 0 Å². The quantitative estimate of drug-likeness (QED) is 0.452. The van der Waals surface area contributed by atoms with Crippen LogP contribution in [0.3, 0.4) is 0 Å². The molecule has 0 spiro atoms. The molecular formula is C10H16N2O4. The van der Waals surface area contributed by atoms with E-state index in [9.17, 15) is 14.4 Å². The maximum absolute atomic E-state index is 11.2. The normalized spacial score (nSPS) is 15.7. The van der Waals surface area contributed by atoms with Gasteiger partial charge in [-0.3, -0.25) is 19.3 Å². The summed E-state index contributed by atoms with van der Waals surface area (Å²) in [5, 5.41) is 11.1. The maximum atomic E-state index is 11.2. The molecule has 16 heavy (non-hydrogen) atoms. The molecule has 1 aliphatic heterocycles. The first kappa shape index (κ1) is 12.6. The number of carbonyl (C=O) groups is 3. The SMILES string of the molecule is O=C(CCN1C(=O)CCC1=O)NCCCO. The number of carbonyl (C=O) groups excluding carboxylic acids is 3. The summed E-state index contributed by atoms with van der Waals surface area (Å²) in [5.41, 5.74) is 0. The molecule has 6 heteroatoms. The molecule has 6 nitrogen and oxygen atoms in total. The zero-order chi connectivity index (χ0) is 12.0. The van der Waals surface area contributed by atoms with E-state index in [1.807, 2.05) is 0 Å². The lowest BCUT2D eigenvalue weighted by Crippen LogP contribution is -2.34. The Morgan fingerprint density at radius 1 is 1.31 bits per heavy atom. The van der Waals surface area contributed by atoms with Crippen LogP contribution in [-0.4, -0.2) is 47.4 Å². The van der Waals surface area contributed by atoms with Gasteiger partial charge in [-0.05, 0) is 6.42 Å². The van der Waals surface area contributed by atoms with Crippen molar-refractivity contribution in [2.75, 3.05) is 19.7 Å². The number of rotatable bonds is 6. The van der Waals surface area contributed by atoms with Gasteiger partial charge >= 0.3 is 0 Å². The first-order chi connectivity index (χ1) is 7.65. The fraction of sp³-hybridized carbons (Fsp3) is 0.700. The Hall–Kier alpha value is -1.43.